The van der Waals surface area contributed by atoms with E-state index in [0.29, 0.717) is 5.92 Å². The first-order chi connectivity index (χ1) is 11.3. The third-order valence-electron chi connectivity index (χ3n) is 4.22. The van der Waals surface area contributed by atoms with E-state index in [-0.39, 0.29) is 6.10 Å². The van der Waals surface area contributed by atoms with Crippen LogP contribution in [-0.2, 0) is 0 Å². The highest BCUT2D eigenvalue weighted by molar-refractivity contribution is 5.28. The highest BCUT2D eigenvalue weighted by Gasteiger charge is 2.26. The van der Waals surface area contributed by atoms with Gasteiger partial charge in [0, 0.05) is 5.92 Å². The fraction of sp³-hybridized carbons (Fsp3) is 0.429. The molecule has 0 spiro atoms. The third-order valence-corrected chi connectivity index (χ3v) is 4.22. The molecule has 2 nitrogen and oxygen atoms in total. The number of hydrogen-bond acceptors (Lipinski definition) is 2. The van der Waals surface area contributed by atoms with Gasteiger partial charge in [0.1, 0.15) is 11.9 Å². The van der Waals surface area contributed by atoms with Gasteiger partial charge >= 0.3 is 0 Å². The molecule has 124 valence electrons. The average molecular weight is 311 g/mol. The first-order valence-electron chi connectivity index (χ1n) is 8.82. The smallest absolute Gasteiger partial charge is 0.127 e. The number of ether oxygens (including phenoxy) is 1. The Kier molecular flexibility index (Phi) is 7.15. The van der Waals surface area contributed by atoms with Gasteiger partial charge in [0.25, 0.3) is 0 Å². The molecule has 0 amide bonds. The van der Waals surface area contributed by atoms with Crippen LogP contribution in [-0.4, -0.2) is 13.1 Å². The molecule has 1 heterocycles. The Morgan fingerprint density at radius 3 is 2.13 bits per heavy atom. The second kappa shape index (κ2) is 9.36. The molecular weight excluding hydrogens is 282 g/mol. The van der Waals surface area contributed by atoms with E-state index in [0.717, 1.165) is 18.8 Å². The summed E-state index contributed by atoms with van der Waals surface area (Å²) in [5.41, 5.74) is 2.55. The first-order valence-corrected chi connectivity index (χ1v) is 8.82. The van der Waals surface area contributed by atoms with Gasteiger partial charge in [-0.05, 0) is 50.6 Å². The van der Waals surface area contributed by atoms with E-state index in [1.165, 1.54) is 24.0 Å². The number of rotatable bonds is 4. The maximum Gasteiger partial charge on any atom is 0.127 e. The molecule has 0 radical (unpaired) electrons. The highest BCUT2D eigenvalue weighted by Crippen LogP contribution is 2.33. The van der Waals surface area contributed by atoms with Crippen molar-refractivity contribution >= 4 is 0 Å². The predicted molar refractivity (Wildman–Crippen MR) is 97.9 cm³/mol. The van der Waals surface area contributed by atoms with Gasteiger partial charge in [-0.1, -0.05) is 61.9 Å². The van der Waals surface area contributed by atoms with E-state index >= 15 is 0 Å². The predicted octanol–water partition coefficient (Wildman–Crippen LogP) is 5.14. The number of hydrogen-bond donors (Lipinski definition) is 1. The topological polar surface area (TPSA) is 21.3 Å². The zero-order valence-electron chi connectivity index (χ0n) is 14.6. The maximum atomic E-state index is 6.37. The molecule has 2 aromatic rings. The standard InChI is InChI=1S/C19H23NO.C2H6/c1-15-7-9-18(10-8-15)21-19(16-5-3-2-4-6-16)17-11-13-20-14-12-17;1-2/h2-10,17,19-20H,11-14H2,1H3;1-2H3. The van der Waals surface area contributed by atoms with Crippen molar-refractivity contribution in [3.8, 4) is 5.75 Å². The van der Waals surface area contributed by atoms with E-state index in [4.69, 9.17) is 4.74 Å². The van der Waals surface area contributed by atoms with Gasteiger partial charge in [-0.25, -0.2) is 0 Å². The molecule has 1 aliphatic heterocycles. The number of benzene rings is 2. The number of aryl methyl sites for hydroxylation is 1. The molecule has 2 heteroatoms. The molecule has 1 saturated heterocycles. The monoisotopic (exact) mass is 311 g/mol. The maximum absolute atomic E-state index is 6.37. The number of piperidine rings is 1. The molecule has 0 bridgehead atoms. The van der Waals surface area contributed by atoms with Crippen molar-refractivity contribution < 1.29 is 4.74 Å². The molecule has 1 fully saturated rings. The molecule has 0 saturated carbocycles. The van der Waals surface area contributed by atoms with Crippen LogP contribution in [0.4, 0.5) is 0 Å². The molecule has 0 aromatic heterocycles. The minimum atomic E-state index is 0.149. The van der Waals surface area contributed by atoms with Crippen LogP contribution in [0.15, 0.2) is 54.6 Å². The van der Waals surface area contributed by atoms with Crippen molar-refractivity contribution in [3.63, 3.8) is 0 Å². The Bertz CT molecular complexity index is 544. The van der Waals surface area contributed by atoms with E-state index in [1.807, 2.05) is 13.8 Å². The quantitative estimate of drug-likeness (QED) is 0.844. The Hall–Kier alpha value is -1.80. The Morgan fingerprint density at radius 1 is 0.913 bits per heavy atom. The van der Waals surface area contributed by atoms with Gasteiger partial charge in [0.15, 0.2) is 0 Å². The summed E-state index contributed by atoms with van der Waals surface area (Å²) in [7, 11) is 0. The van der Waals surface area contributed by atoms with Crippen molar-refractivity contribution in [2.24, 2.45) is 5.92 Å². The van der Waals surface area contributed by atoms with Gasteiger partial charge in [-0.2, -0.15) is 0 Å². The van der Waals surface area contributed by atoms with E-state index in [1.54, 1.807) is 0 Å². The summed E-state index contributed by atoms with van der Waals surface area (Å²) in [5.74, 6) is 1.54. The lowest BCUT2D eigenvalue weighted by Crippen LogP contribution is -2.32. The van der Waals surface area contributed by atoms with Gasteiger partial charge in [-0.15, -0.1) is 0 Å². The molecule has 1 aliphatic rings. The van der Waals surface area contributed by atoms with Crippen LogP contribution in [0.3, 0.4) is 0 Å². The normalized spacial score (nSPS) is 16.1. The highest BCUT2D eigenvalue weighted by atomic mass is 16.5. The van der Waals surface area contributed by atoms with E-state index in [2.05, 4.69) is 66.8 Å². The summed E-state index contributed by atoms with van der Waals surface area (Å²) >= 11 is 0. The molecule has 3 rings (SSSR count). The Balaban J connectivity index is 0.000000924. The summed E-state index contributed by atoms with van der Waals surface area (Å²) < 4.78 is 6.37. The second-order valence-corrected chi connectivity index (χ2v) is 5.85. The van der Waals surface area contributed by atoms with Crippen LogP contribution in [0.1, 0.15) is 43.9 Å². The van der Waals surface area contributed by atoms with Gasteiger partial charge in [0.2, 0.25) is 0 Å². The summed E-state index contributed by atoms with van der Waals surface area (Å²) in [5, 5.41) is 3.44. The zero-order valence-corrected chi connectivity index (χ0v) is 14.6. The van der Waals surface area contributed by atoms with Gasteiger partial charge in [-0.3, -0.25) is 0 Å². The Morgan fingerprint density at radius 2 is 1.52 bits per heavy atom. The van der Waals surface area contributed by atoms with E-state index < -0.39 is 0 Å². The molecule has 1 atom stereocenters. The largest absolute Gasteiger partial charge is 0.485 e. The fourth-order valence-electron chi connectivity index (χ4n) is 2.99. The van der Waals surface area contributed by atoms with Crippen molar-refractivity contribution in [1.29, 1.82) is 0 Å². The summed E-state index contributed by atoms with van der Waals surface area (Å²) in [6.45, 7) is 8.28. The van der Waals surface area contributed by atoms with Crippen LogP contribution < -0.4 is 10.1 Å². The second-order valence-electron chi connectivity index (χ2n) is 5.85. The lowest BCUT2D eigenvalue weighted by atomic mass is 9.88. The van der Waals surface area contributed by atoms with Crippen LogP contribution in [0, 0.1) is 12.8 Å². The average Bonchev–Trinajstić information content (AvgIpc) is 2.64. The summed E-state index contributed by atoms with van der Waals surface area (Å²) in [6, 6.07) is 19.0. The molecule has 1 unspecified atom stereocenters. The lowest BCUT2D eigenvalue weighted by Gasteiger charge is -2.31. The SMILES string of the molecule is CC.Cc1ccc(OC(c2ccccc2)C2CCNCC2)cc1. The summed E-state index contributed by atoms with van der Waals surface area (Å²) in [6.07, 6.45) is 2.49. The molecule has 23 heavy (non-hydrogen) atoms. The van der Waals surface area contributed by atoms with Crippen molar-refractivity contribution in [2.45, 2.75) is 39.7 Å². The molecule has 1 N–H and O–H groups in total. The number of nitrogens with one attached hydrogen (secondary N) is 1. The van der Waals surface area contributed by atoms with Crippen LogP contribution in [0.25, 0.3) is 0 Å². The first kappa shape index (κ1) is 17.6. The van der Waals surface area contributed by atoms with Crippen LogP contribution in [0.2, 0.25) is 0 Å². The molecule has 0 aliphatic carbocycles. The Labute approximate surface area is 140 Å². The molecular formula is C21H29NO. The molecule has 2 aromatic carbocycles. The zero-order chi connectivity index (χ0) is 16.5. The fourth-order valence-corrected chi connectivity index (χ4v) is 2.99. The van der Waals surface area contributed by atoms with Crippen molar-refractivity contribution in [1.82, 2.24) is 5.32 Å². The van der Waals surface area contributed by atoms with Crippen LogP contribution in [0.5, 0.6) is 5.75 Å². The van der Waals surface area contributed by atoms with Crippen LogP contribution >= 0.6 is 0 Å². The lowest BCUT2D eigenvalue weighted by molar-refractivity contribution is 0.112. The van der Waals surface area contributed by atoms with Crippen molar-refractivity contribution in [3.05, 3.63) is 65.7 Å². The summed E-state index contributed by atoms with van der Waals surface area (Å²) in [4.78, 5) is 0. The van der Waals surface area contributed by atoms with E-state index in [9.17, 15) is 0 Å². The van der Waals surface area contributed by atoms with Crippen molar-refractivity contribution in [2.75, 3.05) is 13.1 Å². The third kappa shape index (κ3) is 5.11. The minimum absolute atomic E-state index is 0.149. The van der Waals surface area contributed by atoms with Gasteiger partial charge < -0.3 is 10.1 Å². The van der Waals surface area contributed by atoms with Gasteiger partial charge in [0.05, 0.1) is 0 Å². The minimum Gasteiger partial charge on any atom is -0.485 e.